The number of nitrogens with one attached hydrogen (secondary N) is 1. The van der Waals surface area contributed by atoms with Gasteiger partial charge in [-0.05, 0) is 42.2 Å². The summed E-state index contributed by atoms with van der Waals surface area (Å²) in [6.45, 7) is 9.53. The van der Waals surface area contributed by atoms with Crippen molar-refractivity contribution in [2.24, 2.45) is 16.7 Å². The molecular weight excluding hydrogens is 260 g/mol. The first-order chi connectivity index (χ1) is 9.87. The molecule has 1 fully saturated rings. The van der Waals surface area contributed by atoms with Crippen molar-refractivity contribution >= 4 is 5.91 Å². The molecule has 1 aromatic heterocycles. The van der Waals surface area contributed by atoms with E-state index in [1.165, 1.54) is 0 Å². The van der Waals surface area contributed by atoms with E-state index >= 15 is 0 Å². The Morgan fingerprint density at radius 3 is 2.43 bits per heavy atom. The van der Waals surface area contributed by atoms with Crippen molar-refractivity contribution in [3.8, 4) is 0 Å². The molecule has 1 heterocycles. The van der Waals surface area contributed by atoms with E-state index in [9.17, 15) is 4.79 Å². The molecule has 0 atom stereocenters. The fourth-order valence-corrected chi connectivity index (χ4v) is 3.32. The molecule has 0 aliphatic heterocycles. The second-order valence-electron chi connectivity index (χ2n) is 7.30. The number of aryl methyl sites for hydroxylation is 1. The van der Waals surface area contributed by atoms with E-state index in [0.29, 0.717) is 0 Å². The molecule has 1 N–H and O–H groups in total. The first-order valence-electron chi connectivity index (χ1n) is 8.05. The smallest absolute Gasteiger partial charge is 0.224 e. The summed E-state index contributed by atoms with van der Waals surface area (Å²) in [5.41, 5.74) is 1.43. The zero-order chi connectivity index (χ0) is 15.5. The van der Waals surface area contributed by atoms with Crippen molar-refractivity contribution < 1.29 is 4.79 Å². The quantitative estimate of drug-likeness (QED) is 0.779. The second kappa shape index (κ2) is 6.17. The largest absolute Gasteiger partial charge is 0.356 e. The molecule has 1 amide bonds. The highest BCUT2D eigenvalue weighted by Gasteiger charge is 2.68. The van der Waals surface area contributed by atoms with Crippen molar-refractivity contribution in [1.29, 1.82) is 0 Å². The molecule has 2 rings (SSSR count). The molecule has 0 unspecified atom stereocenters. The van der Waals surface area contributed by atoms with E-state index in [1.54, 1.807) is 0 Å². The van der Waals surface area contributed by atoms with Gasteiger partial charge >= 0.3 is 0 Å². The molecular formula is C18H28N2O. The standard InChI is InChI=1S/C18H28N2O/c1-17(2)15(18(17,3)4)16(21)20-13-8-5-6-10-14-11-7-9-12-19-14/h7,9,11-12,15H,5-6,8,10,13H2,1-4H3,(H,20,21). The summed E-state index contributed by atoms with van der Waals surface area (Å²) in [6, 6.07) is 6.04. The highest BCUT2D eigenvalue weighted by Crippen LogP contribution is 2.68. The average molecular weight is 288 g/mol. The van der Waals surface area contributed by atoms with Crippen molar-refractivity contribution in [2.45, 2.75) is 53.4 Å². The minimum atomic E-state index is 0.135. The molecule has 3 nitrogen and oxygen atoms in total. The van der Waals surface area contributed by atoms with Crippen LogP contribution in [-0.2, 0) is 11.2 Å². The number of carbonyl (C=O) groups is 1. The summed E-state index contributed by atoms with van der Waals surface area (Å²) in [4.78, 5) is 16.5. The summed E-state index contributed by atoms with van der Waals surface area (Å²) in [5.74, 6) is 0.397. The molecule has 0 bridgehead atoms. The molecule has 1 aromatic rings. The lowest BCUT2D eigenvalue weighted by molar-refractivity contribution is -0.123. The van der Waals surface area contributed by atoms with Crippen LogP contribution < -0.4 is 5.32 Å². The minimum absolute atomic E-state index is 0.135. The van der Waals surface area contributed by atoms with E-state index < -0.39 is 0 Å². The maximum Gasteiger partial charge on any atom is 0.224 e. The van der Waals surface area contributed by atoms with Crippen LogP contribution in [0.3, 0.4) is 0 Å². The van der Waals surface area contributed by atoms with Crippen LogP contribution in [0.5, 0.6) is 0 Å². The Hall–Kier alpha value is -1.38. The average Bonchev–Trinajstić information content (AvgIpc) is 2.85. The molecule has 0 spiro atoms. The van der Waals surface area contributed by atoms with Crippen LogP contribution in [0.1, 0.15) is 52.7 Å². The fourth-order valence-electron chi connectivity index (χ4n) is 3.32. The normalized spacial score (nSPS) is 19.2. The van der Waals surface area contributed by atoms with Gasteiger partial charge in [0.25, 0.3) is 0 Å². The number of carbonyl (C=O) groups excluding carboxylic acids is 1. The van der Waals surface area contributed by atoms with E-state index in [-0.39, 0.29) is 22.7 Å². The van der Waals surface area contributed by atoms with Crippen LogP contribution in [0.15, 0.2) is 24.4 Å². The van der Waals surface area contributed by atoms with Gasteiger partial charge in [0.05, 0.1) is 0 Å². The SMILES string of the molecule is CC1(C)C(C(=O)NCCCCCc2ccccn2)C1(C)C. The van der Waals surface area contributed by atoms with Crippen LogP contribution in [0.2, 0.25) is 0 Å². The molecule has 0 aromatic carbocycles. The number of unbranched alkanes of at least 4 members (excludes halogenated alkanes) is 2. The van der Waals surface area contributed by atoms with Crippen LogP contribution in [0, 0.1) is 16.7 Å². The zero-order valence-electron chi connectivity index (χ0n) is 13.8. The number of pyridine rings is 1. The number of nitrogens with zero attached hydrogens (tertiary/aromatic N) is 1. The molecule has 1 aliphatic rings. The Morgan fingerprint density at radius 2 is 1.86 bits per heavy atom. The highest BCUT2D eigenvalue weighted by molar-refractivity contribution is 5.84. The Labute approximate surface area is 128 Å². The van der Waals surface area contributed by atoms with Crippen molar-refractivity contribution in [1.82, 2.24) is 10.3 Å². The summed E-state index contributed by atoms with van der Waals surface area (Å²) >= 11 is 0. The first kappa shape index (κ1) is 16.0. The topological polar surface area (TPSA) is 42.0 Å². The Bertz CT molecular complexity index is 465. The molecule has 0 radical (unpaired) electrons. The van der Waals surface area contributed by atoms with Gasteiger partial charge in [0.15, 0.2) is 0 Å². The third-order valence-electron chi connectivity index (χ3n) is 5.42. The summed E-state index contributed by atoms with van der Waals surface area (Å²) in [5, 5.41) is 3.10. The van der Waals surface area contributed by atoms with Gasteiger partial charge in [0.2, 0.25) is 5.91 Å². The van der Waals surface area contributed by atoms with Gasteiger partial charge in [-0.25, -0.2) is 0 Å². The predicted molar refractivity (Wildman–Crippen MR) is 85.9 cm³/mol. The predicted octanol–water partition coefficient (Wildman–Crippen LogP) is 3.59. The summed E-state index contributed by atoms with van der Waals surface area (Å²) in [7, 11) is 0. The number of rotatable bonds is 7. The third-order valence-corrected chi connectivity index (χ3v) is 5.42. The number of hydrogen-bond donors (Lipinski definition) is 1. The summed E-state index contributed by atoms with van der Waals surface area (Å²) < 4.78 is 0. The molecule has 0 saturated heterocycles. The van der Waals surface area contributed by atoms with Gasteiger partial charge in [-0.1, -0.05) is 40.2 Å². The molecule has 21 heavy (non-hydrogen) atoms. The molecule has 116 valence electrons. The lowest BCUT2D eigenvalue weighted by Gasteiger charge is -2.06. The monoisotopic (exact) mass is 288 g/mol. The van der Waals surface area contributed by atoms with E-state index in [0.717, 1.165) is 37.9 Å². The summed E-state index contributed by atoms with van der Waals surface area (Å²) in [6.07, 6.45) is 6.18. The Kier molecular flexibility index (Phi) is 4.70. The number of aromatic nitrogens is 1. The highest BCUT2D eigenvalue weighted by atomic mass is 16.2. The molecule has 1 aliphatic carbocycles. The van der Waals surface area contributed by atoms with Gasteiger partial charge in [-0.15, -0.1) is 0 Å². The van der Waals surface area contributed by atoms with Crippen molar-refractivity contribution in [2.75, 3.05) is 6.54 Å². The van der Waals surface area contributed by atoms with E-state index in [2.05, 4.69) is 44.1 Å². The minimum Gasteiger partial charge on any atom is -0.356 e. The Balaban J connectivity index is 1.58. The number of amides is 1. The third kappa shape index (κ3) is 3.45. The molecule has 3 heteroatoms. The maximum absolute atomic E-state index is 12.2. The maximum atomic E-state index is 12.2. The van der Waals surface area contributed by atoms with Gasteiger partial charge in [0, 0.05) is 24.4 Å². The first-order valence-corrected chi connectivity index (χ1v) is 8.05. The van der Waals surface area contributed by atoms with Gasteiger partial charge in [-0.3, -0.25) is 9.78 Å². The van der Waals surface area contributed by atoms with Crippen molar-refractivity contribution in [3.05, 3.63) is 30.1 Å². The fraction of sp³-hybridized carbons (Fsp3) is 0.667. The number of hydrogen-bond acceptors (Lipinski definition) is 2. The van der Waals surface area contributed by atoms with Crippen LogP contribution >= 0.6 is 0 Å². The second-order valence-corrected chi connectivity index (χ2v) is 7.30. The Morgan fingerprint density at radius 1 is 1.14 bits per heavy atom. The van der Waals surface area contributed by atoms with Gasteiger partial charge in [-0.2, -0.15) is 0 Å². The van der Waals surface area contributed by atoms with Gasteiger partial charge < -0.3 is 5.32 Å². The van der Waals surface area contributed by atoms with Crippen LogP contribution in [-0.4, -0.2) is 17.4 Å². The zero-order valence-corrected chi connectivity index (χ0v) is 13.8. The van der Waals surface area contributed by atoms with E-state index in [1.807, 2.05) is 18.3 Å². The van der Waals surface area contributed by atoms with Gasteiger partial charge in [0.1, 0.15) is 0 Å². The lowest BCUT2D eigenvalue weighted by Crippen LogP contribution is -2.28. The van der Waals surface area contributed by atoms with Crippen LogP contribution in [0.4, 0.5) is 0 Å². The molecule has 1 saturated carbocycles. The van der Waals surface area contributed by atoms with Crippen molar-refractivity contribution in [3.63, 3.8) is 0 Å². The lowest BCUT2D eigenvalue weighted by atomic mass is 10.0. The van der Waals surface area contributed by atoms with E-state index in [4.69, 9.17) is 0 Å². The van der Waals surface area contributed by atoms with Crippen LogP contribution in [0.25, 0.3) is 0 Å².